The lowest BCUT2D eigenvalue weighted by Crippen LogP contribution is -2.27. The number of hydrogen-bond donors (Lipinski definition) is 1. The predicted molar refractivity (Wildman–Crippen MR) is 95.1 cm³/mol. The van der Waals surface area contributed by atoms with Crippen molar-refractivity contribution in [1.29, 1.82) is 0 Å². The van der Waals surface area contributed by atoms with Crippen LogP contribution in [-0.4, -0.2) is 29.5 Å². The minimum atomic E-state index is 0.0653. The SMILES string of the molecule is Cc1cc2c(NCCC(=O)N(C)c3ccccc3)ncnc2s1. The Balaban J connectivity index is 1.61. The molecule has 2 aromatic heterocycles. The van der Waals surface area contributed by atoms with Crippen molar-refractivity contribution >= 4 is 39.0 Å². The third-order valence-corrected chi connectivity index (χ3v) is 4.56. The van der Waals surface area contributed by atoms with Crippen molar-refractivity contribution < 1.29 is 4.79 Å². The van der Waals surface area contributed by atoms with Crippen molar-refractivity contribution in [3.05, 3.63) is 47.6 Å². The molecule has 0 saturated heterocycles. The first-order valence-electron chi connectivity index (χ1n) is 7.42. The fourth-order valence-corrected chi connectivity index (χ4v) is 3.22. The minimum absolute atomic E-state index is 0.0653. The lowest BCUT2D eigenvalue weighted by Gasteiger charge is -2.17. The Morgan fingerprint density at radius 3 is 2.83 bits per heavy atom. The molecule has 23 heavy (non-hydrogen) atoms. The van der Waals surface area contributed by atoms with Gasteiger partial charge in [0.2, 0.25) is 5.91 Å². The Hall–Kier alpha value is -2.47. The molecular weight excluding hydrogens is 308 g/mol. The Bertz CT molecular complexity index is 816. The van der Waals surface area contributed by atoms with E-state index in [-0.39, 0.29) is 5.91 Å². The summed E-state index contributed by atoms with van der Waals surface area (Å²) in [6.45, 7) is 2.59. The molecule has 0 aliphatic heterocycles. The molecule has 3 aromatic rings. The summed E-state index contributed by atoms with van der Waals surface area (Å²) in [5.74, 6) is 0.852. The van der Waals surface area contributed by atoms with Crippen LogP contribution < -0.4 is 10.2 Å². The number of carbonyl (C=O) groups excluding carboxylic acids is 1. The van der Waals surface area contributed by atoms with Crippen LogP contribution in [0.2, 0.25) is 0 Å². The maximum atomic E-state index is 12.3. The van der Waals surface area contributed by atoms with Gasteiger partial charge in [-0.3, -0.25) is 4.79 Å². The number of aromatic nitrogens is 2. The number of fused-ring (bicyclic) bond motifs is 1. The monoisotopic (exact) mass is 326 g/mol. The van der Waals surface area contributed by atoms with Gasteiger partial charge < -0.3 is 10.2 Å². The maximum absolute atomic E-state index is 12.3. The van der Waals surface area contributed by atoms with E-state index in [2.05, 4.69) is 28.3 Å². The lowest BCUT2D eigenvalue weighted by atomic mass is 10.2. The zero-order valence-electron chi connectivity index (χ0n) is 13.1. The highest BCUT2D eigenvalue weighted by Crippen LogP contribution is 2.27. The molecule has 0 bridgehead atoms. The highest BCUT2D eigenvalue weighted by atomic mass is 32.1. The average molecular weight is 326 g/mol. The molecule has 0 aliphatic rings. The van der Waals surface area contributed by atoms with Crippen molar-refractivity contribution in [3.8, 4) is 0 Å². The van der Waals surface area contributed by atoms with Gasteiger partial charge in [0.25, 0.3) is 0 Å². The first kappa shape index (κ1) is 15.4. The van der Waals surface area contributed by atoms with E-state index in [0.29, 0.717) is 13.0 Å². The number of benzene rings is 1. The van der Waals surface area contributed by atoms with Crippen LogP contribution in [0, 0.1) is 6.92 Å². The van der Waals surface area contributed by atoms with Gasteiger partial charge in [0, 0.05) is 30.6 Å². The largest absolute Gasteiger partial charge is 0.369 e. The first-order valence-corrected chi connectivity index (χ1v) is 8.23. The van der Waals surface area contributed by atoms with E-state index < -0.39 is 0 Å². The van der Waals surface area contributed by atoms with Crippen molar-refractivity contribution in [2.24, 2.45) is 0 Å². The Morgan fingerprint density at radius 2 is 2.04 bits per heavy atom. The van der Waals surface area contributed by atoms with Gasteiger partial charge in [-0.25, -0.2) is 9.97 Å². The lowest BCUT2D eigenvalue weighted by molar-refractivity contribution is -0.118. The van der Waals surface area contributed by atoms with Gasteiger partial charge in [-0.1, -0.05) is 18.2 Å². The molecular formula is C17H18N4OS. The van der Waals surface area contributed by atoms with Crippen LogP contribution >= 0.6 is 11.3 Å². The molecule has 0 radical (unpaired) electrons. The number of amides is 1. The Morgan fingerprint density at radius 1 is 1.26 bits per heavy atom. The fourth-order valence-electron chi connectivity index (χ4n) is 2.37. The minimum Gasteiger partial charge on any atom is -0.369 e. The van der Waals surface area contributed by atoms with Gasteiger partial charge in [0.1, 0.15) is 17.0 Å². The van der Waals surface area contributed by atoms with E-state index in [1.54, 1.807) is 29.6 Å². The van der Waals surface area contributed by atoms with Crippen LogP contribution in [0.3, 0.4) is 0 Å². The van der Waals surface area contributed by atoms with Crippen LogP contribution in [-0.2, 0) is 4.79 Å². The number of nitrogens with one attached hydrogen (secondary N) is 1. The molecule has 0 unspecified atom stereocenters. The van der Waals surface area contributed by atoms with Gasteiger partial charge >= 0.3 is 0 Å². The molecule has 0 aliphatic carbocycles. The van der Waals surface area contributed by atoms with Crippen molar-refractivity contribution in [2.45, 2.75) is 13.3 Å². The molecule has 0 spiro atoms. The third-order valence-electron chi connectivity index (χ3n) is 3.60. The predicted octanol–water partition coefficient (Wildman–Crippen LogP) is 3.46. The molecule has 2 heterocycles. The van der Waals surface area contributed by atoms with Gasteiger partial charge in [-0.05, 0) is 25.1 Å². The van der Waals surface area contributed by atoms with Crippen molar-refractivity contribution in [2.75, 3.05) is 23.8 Å². The second-order valence-electron chi connectivity index (χ2n) is 5.26. The molecule has 1 aromatic carbocycles. The zero-order chi connectivity index (χ0) is 16.2. The molecule has 118 valence electrons. The zero-order valence-corrected chi connectivity index (χ0v) is 13.9. The van der Waals surface area contributed by atoms with Crippen LogP contribution in [0.25, 0.3) is 10.2 Å². The summed E-state index contributed by atoms with van der Waals surface area (Å²) in [5.41, 5.74) is 0.899. The number of nitrogens with zero attached hydrogens (tertiary/aromatic N) is 3. The second-order valence-corrected chi connectivity index (χ2v) is 6.50. The topological polar surface area (TPSA) is 58.1 Å². The van der Waals surface area contributed by atoms with E-state index in [4.69, 9.17) is 0 Å². The summed E-state index contributed by atoms with van der Waals surface area (Å²) in [7, 11) is 1.79. The number of para-hydroxylation sites is 1. The Kier molecular flexibility index (Phi) is 4.52. The van der Waals surface area contributed by atoms with Crippen LogP contribution in [0.1, 0.15) is 11.3 Å². The second kappa shape index (κ2) is 6.75. The first-order chi connectivity index (χ1) is 11.1. The summed E-state index contributed by atoms with van der Waals surface area (Å²) in [6, 6.07) is 11.7. The smallest absolute Gasteiger partial charge is 0.228 e. The van der Waals surface area contributed by atoms with Gasteiger partial charge in [0.15, 0.2) is 0 Å². The molecule has 3 rings (SSSR count). The highest BCUT2D eigenvalue weighted by molar-refractivity contribution is 7.18. The molecule has 0 fully saturated rings. The highest BCUT2D eigenvalue weighted by Gasteiger charge is 2.11. The van der Waals surface area contributed by atoms with E-state index in [1.165, 1.54) is 4.88 Å². The fraction of sp³-hybridized carbons (Fsp3) is 0.235. The summed E-state index contributed by atoms with van der Waals surface area (Å²) >= 11 is 1.64. The van der Waals surface area contributed by atoms with Crippen LogP contribution in [0.15, 0.2) is 42.7 Å². The third kappa shape index (κ3) is 3.48. The number of carbonyl (C=O) groups is 1. The van der Waals surface area contributed by atoms with Gasteiger partial charge in [0.05, 0.1) is 5.39 Å². The number of anilines is 2. The maximum Gasteiger partial charge on any atom is 0.228 e. The average Bonchev–Trinajstić information content (AvgIpc) is 2.96. The quantitative estimate of drug-likeness (QED) is 0.780. The number of rotatable bonds is 5. The van der Waals surface area contributed by atoms with E-state index in [0.717, 1.165) is 21.7 Å². The molecule has 0 atom stereocenters. The van der Waals surface area contributed by atoms with E-state index in [1.807, 2.05) is 30.3 Å². The van der Waals surface area contributed by atoms with Crippen LogP contribution in [0.4, 0.5) is 11.5 Å². The standard InChI is InChI=1S/C17H18N4OS/c1-12-10-14-16(19-11-20-17(14)23-12)18-9-8-15(22)21(2)13-6-4-3-5-7-13/h3-7,10-11H,8-9H2,1-2H3,(H,18,19,20). The normalized spacial score (nSPS) is 10.7. The molecule has 0 saturated carbocycles. The summed E-state index contributed by atoms with van der Waals surface area (Å²) in [6.07, 6.45) is 1.96. The van der Waals surface area contributed by atoms with Crippen LogP contribution in [0.5, 0.6) is 0 Å². The summed E-state index contributed by atoms with van der Waals surface area (Å²) < 4.78 is 0. The van der Waals surface area contributed by atoms with E-state index >= 15 is 0 Å². The molecule has 1 N–H and O–H groups in total. The molecule has 6 heteroatoms. The van der Waals surface area contributed by atoms with Gasteiger partial charge in [-0.2, -0.15) is 0 Å². The number of thiophene rings is 1. The number of hydrogen-bond acceptors (Lipinski definition) is 5. The van der Waals surface area contributed by atoms with Crippen molar-refractivity contribution in [3.63, 3.8) is 0 Å². The molecule has 1 amide bonds. The summed E-state index contributed by atoms with van der Waals surface area (Å²) in [5, 5.41) is 4.26. The van der Waals surface area contributed by atoms with Gasteiger partial charge in [-0.15, -0.1) is 11.3 Å². The number of aryl methyl sites for hydroxylation is 1. The summed E-state index contributed by atoms with van der Waals surface area (Å²) in [4.78, 5) is 24.6. The van der Waals surface area contributed by atoms with Crippen molar-refractivity contribution in [1.82, 2.24) is 9.97 Å². The van der Waals surface area contributed by atoms with E-state index in [9.17, 15) is 4.79 Å². The molecule has 5 nitrogen and oxygen atoms in total. The Labute approximate surface area is 139 Å².